The third-order valence-corrected chi connectivity index (χ3v) is 22.2. The molecule has 63 nitrogen and oxygen atoms in total. The normalized spacial score (nSPS) is 44.9. The van der Waals surface area contributed by atoms with Crippen LogP contribution in [0.3, 0.4) is 0 Å². The van der Waals surface area contributed by atoms with Crippen LogP contribution in [0.1, 0.15) is 0 Å². The van der Waals surface area contributed by atoms with Gasteiger partial charge >= 0.3 is 72.8 Å². The van der Waals surface area contributed by atoms with E-state index in [0.29, 0.717) is 6.26 Å². The molecule has 30 saturated heterocycles. The van der Waals surface area contributed by atoms with Gasteiger partial charge in [0.1, 0.15) is 195 Å². The smallest absolute Gasteiger partial charge is 0.387 e. The van der Waals surface area contributed by atoms with Crippen LogP contribution < -0.4 is 0 Å². The Kier molecular flexibility index (Phi) is 33.8. The first-order valence-electron chi connectivity index (χ1n) is 33.6. The summed E-state index contributed by atoms with van der Waals surface area (Å²) in [7, 11) is -44.7. The predicted octanol–water partition coefficient (Wildman–Crippen LogP) is -18.6. The van der Waals surface area contributed by atoms with E-state index in [9.17, 15) is 181 Å². The summed E-state index contributed by atoms with van der Waals surface area (Å²) in [5, 5.41) is 188. The van der Waals surface area contributed by atoms with Crippen molar-refractivity contribution in [3.05, 3.63) is 0 Å². The molecule has 0 aromatic rings. The van der Waals surface area contributed by atoms with Gasteiger partial charge in [-0.05, 0) is 0 Å². The van der Waals surface area contributed by atoms with Crippen molar-refractivity contribution < 1.29 is 290 Å². The summed E-state index contributed by atoms with van der Waals surface area (Å²) in [6, 6.07) is 0. The molecule has 30 aliphatic rings. The monoisotopic (exact) mass is 1930 g/mol. The van der Waals surface area contributed by atoms with Crippen LogP contribution in [-0.4, -0.2) is 486 Å². The molecular formula is C49H82O63S8. The molecule has 30 fully saturated rings. The minimum absolute atomic E-state index is 0.401. The average molecular weight is 1940 g/mol. The van der Waals surface area contributed by atoms with Crippen LogP contribution >= 0.6 is 0 Å². The first-order valence-corrected chi connectivity index (χ1v) is 45.0. The number of ether oxygens (including phenoxy) is 16. The van der Waals surface area contributed by atoms with Crippen LogP contribution in [0.15, 0.2) is 0 Å². The lowest BCUT2D eigenvalue weighted by Crippen LogP contribution is -2.69. The molecule has 0 saturated carbocycles. The highest BCUT2D eigenvalue weighted by atomic mass is 32.3. The van der Waals surface area contributed by atoms with Crippen molar-refractivity contribution in [3.8, 4) is 0 Å². The van der Waals surface area contributed by atoms with Crippen molar-refractivity contribution in [2.24, 2.45) is 0 Å². The van der Waals surface area contributed by atoms with E-state index in [2.05, 4.69) is 29.3 Å². The van der Waals surface area contributed by atoms with Gasteiger partial charge in [0.05, 0.1) is 59.1 Å². The van der Waals surface area contributed by atoms with E-state index in [-0.39, 0.29) is 0 Å². The van der Waals surface area contributed by atoms with E-state index in [4.69, 9.17) is 80.0 Å². The Morgan fingerprint density at radius 2 is 0.275 bits per heavy atom. The fraction of sp³-hybridized carbons (Fsp3) is 1.00. The molecule has 40 atom stereocenters. The summed E-state index contributed by atoms with van der Waals surface area (Å²) in [5.74, 6) is 0. The molecule has 1 unspecified atom stereocenters. The van der Waals surface area contributed by atoms with E-state index in [1.165, 1.54) is 0 Å². The van der Waals surface area contributed by atoms with Crippen LogP contribution in [0.4, 0.5) is 0 Å². The zero-order chi connectivity index (χ0) is 89.7. The highest BCUT2D eigenvalue weighted by molar-refractivity contribution is 7.86. The molecule has 71 heteroatoms. The fourth-order valence-electron chi connectivity index (χ4n) is 13.1. The van der Waals surface area contributed by atoms with Crippen molar-refractivity contribution in [2.45, 2.75) is 246 Å². The van der Waals surface area contributed by atoms with Gasteiger partial charge in [0.25, 0.3) is 10.1 Å². The molecule has 0 spiro atoms. The number of hydrogen-bond donors (Lipinski definition) is 23. The second-order valence-electron chi connectivity index (χ2n) is 27.0. The zero-order valence-corrected chi connectivity index (χ0v) is 66.2. The standard InChI is InChI=1S/C49H82O63S8/c1-113(66,67)89-2-10-34-18(50)26(58)42(97-10)106-35-11(3-90-114(68,69)70)99-44(28(60)20(35)52)108-37-13(5-92-116(74,75)76)101-46(30(62)22(37)54)110-39-15(7-94-118(80,81)82)103-48(32(64)24(39)56)112-41-17(9-96-120(86,87)88)104-49(33(65)25(41)57)111-40-16(8-95-119(83,84)85)102-47(31(63)23(40)55)109-38-14(6-93-117(77,78)79)100-45(29(61)21(38)53)107-36-12(4-91-115(71,72)73)98-43(105-34)27(59)19(36)51/h10-65H,2-9H2,1H3,(H,68,69,70)(H,71,72,73)(H,74,75,76)(H,77,78,79)(H,80,81,82)(H,83,84,85)(H,86,87,88)/t10-,11-,12-,13-,14-,15-,16-,17-,18-,19-,20-,21-,22-,23-,24-,25-,26-,27-,28-,29-,30-,31-,32-,33-,34-,35-,36-,37-,38-,39-,40-,41-,42-,43-,44-,45-,46?,47-,48-,49-/m1/s1. The molecule has 704 valence electrons. The molecule has 30 aliphatic heterocycles. The lowest BCUT2D eigenvalue weighted by Gasteiger charge is -2.51. The van der Waals surface area contributed by atoms with Crippen molar-refractivity contribution in [1.29, 1.82) is 0 Å². The molecule has 16 bridgehead atoms. The van der Waals surface area contributed by atoms with Crippen molar-refractivity contribution in [3.63, 3.8) is 0 Å². The Morgan fingerprint density at radius 1 is 0.175 bits per heavy atom. The molecule has 0 amide bonds. The van der Waals surface area contributed by atoms with Gasteiger partial charge in [-0.15, -0.1) is 0 Å². The molecule has 0 radical (unpaired) electrons. The third-order valence-electron chi connectivity index (χ3n) is 18.6. The Bertz CT molecular complexity index is 3530. The summed E-state index contributed by atoms with van der Waals surface area (Å²) >= 11 is 0. The highest BCUT2D eigenvalue weighted by Gasteiger charge is 2.62. The number of hydrogen-bond acceptors (Lipinski definition) is 56. The van der Waals surface area contributed by atoms with Crippen LogP contribution in [0.25, 0.3) is 0 Å². The molecule has 30 rings (SSSR count). The fourth-order valence-corrected chi connectivity index (χ4v) is 15.6. The average Bonchev–Trinajstić information content (AvgIpc) is 0.772. The van der Waals surface area contributed by atoms with Gasteiger partial charge in [-0.3, -0.25) is 36.1 Å². The topological polar surface area (TPSA) is 960 Å². The molecular weight excluding hydrogens is 1850 g/mol. The first kappa shape index (κ1) is 101. The van der Waals surface area contributed by atoms with Crippen LogP contribution in [0.5, 0.6) is 0 Å². The molecule has 120 heavy (non-hydrogen) atoms. The third kappa shape index (κ3) is 26.9. The Labute approximate surface area is 674 Å². The maximum atomic E-state index is 12.5. The van der Waals surface area contributed by atoms with E-state index in [1.54, 1.807) is 0 Å². The minimum Gasteiger partial charge on any atom is -0.387 e. The second-order valence-corrected chi connectivity index (χ2v) is 36.3. The lowest BCUT2D eigenvalue weighted by atomic mass is 9.94. The zero-order valence-electron chi connectivity index (χ0n) is 59.6. The summed E-state index contributed by atoms with van der Waals surface area (Å²) in [6.45, 7) is -13.3. The summed E-state index contributed by atoms with van der Waals surface area (Å²) in [6.07, 6.45) is -107. The van der Waals surface area contributed by atoms with Gasteiger partial charge in [0.15, 0.2) is 50.3 Å². The van der Waals surface area contributed by atoms with E-state index in [1.807, 2.05) is 0 Å². The second kappa shape index (κ2) is 40.0. The van der Waals surface area contributed by atoms with Gasteiger partial charge in [0.2, 0.25) is 0 Å². The number of aliphatic hydroxyl groups is 16. The van der Waals surface area contributed by atoms with Crippen LogP contribution in [-0.2, 0) is 192 Å². The largest absolute Gasteiger partial charge is 0.397 e. The molecule has 0 aromatic heterocycles. The maximum Gasteiger partial charge on any atom is 0.397 e. The molecule has 23 N–H and O–H groups in total. The summed E-state index contributed by atoms with van der Waals surface area (Å²) < 4.78 is 386. The van der Waals surface area contributed by atoms with E-state index in [0.717, 1.165) is 0 Å². The van der Waals surface area contributed by atoms with Crippen LogP contribution in [0, 0.1) is 0 Å². The van der Waals surface area contributed by atoms with E-state index >= 15 is 0 Å². The van der Waals surface area contributed by atoms with Crippen LogP contribution in [0.2, 0.25) is 0 Å². The molecule has 30 heterocycles. The predicted molar refractivity (Wildman–Crippen MR) is 348 cm³/mol. The Morgan fingerprint density at radius 3 is 0.367 bits per heavy atom. The Hall–Kier alpha value is -2.28. The Balaban J connectivity index is 1.13. The van der Waals surface area contributed by atoms with E-state index < -0.39 is 381 Å². The summed E-state index contributed by atoms with van der Waals surface area (Å²) in [5.41, 5.74) is 0. The quantitative estimate of drug-likeness (QED) is 0.0315. The number of aliphatic hydroxyl groups excluding tert-OH is 16. The minimum atomic E-state index is -5.72. The van der Waals surface area contributed by atoms with Gasteiger partial charge in [-0.1, -0.05) is 0 Å². The maximum absolute atomic E-state index is 12.5. The number of rotatable bonds is 24. The van der Waals surface area contributed by atoms with Crippen molar-refractivity contribution in [2.75, 3.05) is 59.1 Å². The SMILES string of the molecule is CS(=O)(=O)OC[C@H]1O[C@@H]2O[C@H]3[C@H](O)[C@@H](O)[C@@H](O[C@H]4[C@H](O)[C@@H](O)C(O[C@H]5[C@H](O)[C@@H](O)[C@@H](O[C@H]6[C@H](O)[C@@H](O)[C@@H](O[C@H]7[C@H](O)[C@@H](O)[C@@H](O[C@H]8[C@H](O)[C@@H](O)[C@@H](O[C@H]9[C@H](O)[C@@H](O)[C@@H](O[C@H]1[C@H](O)[C@H]2O)O[C@@H]9COS(=O)(=O)O)O[C@@H]8COS(=O)(=O)O)O[C@@H]7COS(=O)(=O)O)O[C@@H]6COS(=O)(=O)O)O[C@@H]5COS(=O)(=O)O)O[C@@H]4COS(=O)(=O)O)O[C@@H]3COS(=O)(=O)O. The lowest BCUT2D eigenvalue weighted by molar-refractivity contribution is -0.403. The van der Waals surface area contributed by atoms with Crippen molar-refractivity contribution >= 4 is 82.9 Å². The first-order chi connectivity index (χ1) is 55.1. The van der Waals surface area contributed by atoms with Gasteiger partial charge < -0.3 is 157 Å². The van der Waals surface area contributed by atoms with Gasteiger partial charge in [-0.2, -0.15) is 67.3 Å². The summed E-state index contributed by atoms with van der Waals surface area (Å²) in [4.78, 5) is 0. The van der Waals surface area contributed by atoms with Crippen molar-refractivity contribution in [1.82, 2.24) is 0 Å². The van der Waals surface area contributed by atoms with Gasteiger partial charge in [-0.25, -0.2) is 29.3 Å². The molecule has 0 aliphatic carbocycles. The highest BCUT2D eigenvalue weighted by Crippen LogP contribution is 2.41. The van der Waals surface area contributed by atoms with Gasteiger partial charge in [0, 0.05) is 0 Å². The molecule has 0 aromatic carbocycles.